The van der Waals surface area contributed by atoms with E-state index in [0.29, 0.717) is 0 Å². The molecule has 0 saturated carbocycles. The van der Waals surface area contributed by atoms with E-state index in [-0.39, 0.29) is 11.4 Å². The van der Waals surface area contributed by atoms with Crippen LogP contribution in [0.4, 0.5) is 0 Å². The lowest BCUT2D eigenvalue weighted by atomic mass is 9.86. The molecule has 2 aliphatic rings. The second-order valence-corrected chi connectivity index (χ2v) is 6.86. The van der Waals surface area contributed by atoms with Gasteiger partial charge in [0.05, 0.1) is 5.52 Å². The van der Waals surface area contributed by atoms with E-state index < -0.39 is 0 Å². The minimum Gasteiger partial charge on any atom is -0.354 e. The zero-order valence-corrected chi connectivity index (χ0v) is 13.6. The number of likely N-dealkylation sites (tertiary alicyclic amines) is 1. The third-order valence-corrected chi connectivity index (χ3v) is 5.52. The topological polar surface area (TPSA) is 45.2 Å². The first kappa shape index (κ1) is 14.6. The molecule has 0 radical (unpaired) electrons. The number of aryl methyl sites for hydroxylation is 1. The second-order valence-electron chi connectivity index (χ2n) is 6.86. The summed E-state index contributed by atoms with van der Waals surface area (Å²) in [4.78, 5) is 19.5. The molecule has 120 valence electrons. The molecule has 1 aromatic carbocycles. The maximum atomic E-state index is 12.6. The van der Waals surface area contributed by atoms with E-state index in [1.54, 1.807) is 0 Å². The van der Waals surface area contributed by atoms with Crippen LogP contribution in [0.15, 0.2) is 30.5 Å². The predicted molar refractivity (Wildman–Crippen MR) is 91.1 cm³/mol. The van der Waals surface area contributed by atoms with Crippen LogP contribution in [0.5, 0.6) is 0 Å². The van der Waals surface area contributed by atoms with Gasteiger partial charge in [-0.05, 0) is 56.3 Å². The third kappa shape index (κ3) is 2.32. The summed E-state index contributed by atoms with van der Waals surface area (Å²) >= 11 is 0. The van der Waals surface area contributed by atoms with Crippen molar-refractivity contribution in [3.05, 3.63) is 41.6 Å². The molecule has 2 saturated heterocycles. The third-order valence-electron chi connectivity index (χ3n) is 5.52. The second kappa shape index (κ2) is 5.60. The van der Waals surface area contributed by atoms with Crippen LogP contribution in [-0.2, 0) is 11.3 Å². The largest absolute Gasteiger partial charge is 0.354 e. The van der Waals surface area contributed by atoms with Crippen LogP contribution in [0.3, 0.4) is 0 Å². The van der Waals surface area contributed by atoms with E-state index in [2.05, 4.69) is 40.3 Å². The molecule has 2 aromatic rings. The number of carbonyl (C=O) groups is 1. The number of piperidine rings is 1. The molecule has 3 heterocycles. The molecule has 1 N–H and O–H groups in total. The summed E-state index contributed by atoms with van der Waals surface area (Å²) in [5.41, 5.74) is 3.28. The zero-order chi connectivity index (χ0) is 15.9. The average molecular weight is 309 g/mol. The van der Waals surface area contributed by atoms with Gasteiger partial charge >= 0.3 is 0 Å². The Labute approximate surface area is 136 Å². The molecule has 0 aliphatic carbocycles. The van der Waals surface area contributed by atoms with Gasteiger partial charge in [-0.2, -0.15) is 0 Å². The fourth-order valence-corrected chi connectivity index (χ4v) is 4.28. The summed E-state index contributed by atoms with van der Waals surface area (Å²) in [6.07, 6.45) is 6.01. The number of pyridine rings is 1. The Bertz CT molecular complexity index is 757. The van der Waals surface area contributed by atoms with Crippen LogP contribution in [-0.4, -0.2) is 34.4 Å². The van der Waals surface area contributed by atoms with Crippen molar-refractivity contribution >= 4 is 16.8 Å². The lowest BCUT2D eigenvalue weighted by molar-refractivity contribution is -0.134. The fourth-order valence-electron chi connectivity index (χ4n) is 4.28. The molecular weight excluding hydrogens is 286 g/mol. The molecule has 1 amide bonds. The van der Waals surface area contributed by atoms with Gasteiger partial charge in [-0.1, -0.05) is 18.2 Å². The molecule has 2 fully saturated rings. The monoisotopic (exact) mass is 309 g/mol. The SMILES string of the molecule is Cc1ccc(CN2CCCC23CCCNC3=O)c2cccnc12. The Morgan fingerprint density at radius 2 is 2.13 bits per heavy atom. The average Bonchev–Trinajstić information content (AvgIpc) is 2.97. The highest BCUT2D eigenvalue weighted by Gasteiger charge is 2.48. The Morgan fingerprint density at radius 3 is 3.00 bits per heavy atom. The smallest absolute Gasteiger partial charge is 0.240 e. The summed E-state index contributed by atoms with van der Waals surface area (Å²) in [5, 5.41) is 4.30. The first-order chi connectivity index (χ1) is 11.2. The van der Waals surface area contributed by atoms with Crippen LogP contribution in [0.25, 0.3) is 10.9 Å². The van der Waals surface area contributed by atoms with Gasteiger partial charge in [0.25, 0.3) is 0 Å². The minimum atomic E-state index is -0.280. The number of amides is 1. The van der Waals surface area contributed by atoms with Crippen molar-refractivity contribution in [1.29, 1.82) is 0 Å². The number of fused-ring (bicyclic) bond motifs is 1. The number of hydrogen-bond acceptors (Lipinski definition) is 3. The van der Waals surface area contributed by atoms with Crippen molar-refractivity contribution in [2.24, 2.45) is 0 Å². The number of aromatic nitrogens is 1. The van der Waals surface area contributed by atoms with Gasteiger partial charge in [0.15, 0.2) is 0 Å². The normalized spacial score (nSPS) is 25.2. The van der Waals surface area contributed by atoms with Crippen molar-refractivity contribution in [3.8, 4) is 0 Å². The van der Waals surface area contributed by atoms with E-state index in [4.69, 9.17) is 0 Å². The minimum absolute atomic E-state index is 0.232. The molecular formula is C19H23N3O. The molecule has 4 rings (SSSR count). The van der Waals surface area contributed by atoms with E-state index in [0.717, 1.165) is 50.8 Å². The summed E-state index contributed by atoms with van der Waals surface area (Å²) in [6, 6.07) is 8.49. The van der Waals surface area contributed by atoms with Crippen LogP contribution < -0.4 is 5.32 Å². The van der Waals surface area contributed by atoms with Crippen molar-refractivity contribution in [2.75, 3.05) is 13.1 Å². The van der Waals surface area contributed by atoms with Crippen LogP contribution in [0.2, 0.25) is 0 Å². The molecule has 1 unspecified atom stereocenters. The van der Waals surface area contributed by atoms with E-state index >= 15 is 0 Å². The number of rotatable bonds is 2. The molecule has 4 heteroatoms. The molecule has 1 spiro atoms. The Hall–Kier alpha value is -1.94. The van der Waals surface area contributed by atoms with Gasteiger partial charge in [0.1, 0.15) is 5.54 Å². The summed E-state index contributed by atoms with van der Waals surface area (Å²) in [7, 11) is 0. The maximum absolute atomic E-state index is 12.6. The number of nitrogens with one attached hydrogen (secondary N) is 1. The van der Waals surface area contributed by atoms with Gasteiger partial charge in [0, 0.05) is 24.7 Å². The standard InChI is InChI=1S/C19H23N3O/c1-14-6-7-15(16-5-2-10-20-17(14)16)13-22-12-4-9-19(22)8-3-11-21-18(19)23/h2,5-7,10H,3-4,8-9,11-13H2,1H3,(H,21,23). The Morgan fingerprint density at radius 1 is 1.26 bits per heavy atom. The number of hydrogen-bond donors (Lipinski definition) is 1. The van der Waals surface area contributed by atoms with Crippen LogP contribution in [0, 0.1) is 6.92 Å². The van der Waals surface area contributed by atoms with E-state index in [1.807, 2.05) is 12.3 Å². The number of benzene rings is 1. The van der Waals surface area contributed by atoms with Gasteiger partial charge in [-0.25, -0.2) is 0 Å². The van der Waals surface area contributed by atoms with Crippen molar-refractivity contribution in [1.82, 2.24) is 15.2 Å². The lowest BCUT2D eigenvalue weighted by Crippen LogP contribution is -2.58. The molecule has 1 atom stereocenters. The molecule has 1 aromatic heterocycles. The van der Waals surface area contributed by atoms with Gasteiger partial charge < -0.3 is 5.32 Å². The van der Waals surface area contributed by atoms with E-state index in [1.165, 1.54) is 16.5 Å². The van der Waals surface area contributed by atoms with Gasteiger partial charge in [-0.3, -0.25) is 14.7 Å². The predicted octanol–water partition coefficient (Wildman–Crippen LogP) is 2.79. The van der Waals surface area contributed by atoms with Crippen LogP contribution >= 0.6 is 0 Å². The first-order valence-corrected chi connectivity index (χ1v) is 8.57. The zero-order valence-electron chi connectivity index (χ0n) is 13.6. The Balaban J connectivity index is 1.70. The highest BCUT2D eigenvalue weighted by atomic mass is 16.2. The Kier molecular flexibility index (Phi) is 3.57. The van der Waals surface area contributed by atoms with Gasteiger partial charge in [0.2, 0.25) is 5.91 Å². The number of nitrogens with zero attached hydrogens (tertiary/aromatic N) is 2. The quantitative estimate of drug-likeness (QED) is 0.928. The summed E-state index contributed by atoms with van der Waals surface area (Å²) in [5.74, 6) is 0.232. The van der Waals surface area contributed by atoms with Gasteiger partial charge in [-0.15, -0.1) is 0 Å². The van der Waals surface area contributed by atoms with Crippen molar-refractivity contribution < 1.29 is 4.79 Å². The molecule has 23 heavy (non-hydrogen) atoms. The highest BCUT2D eigenvalue weighted by molar-refractivity contribution is 5.88. The maximum Gasteiger partial charge on any atom is 0.240 e. The number of carbonyl (C=O) groups excluding carboxylic acids is 1. The molecule has 2 aliphatic heterocycles. The highest BCUT2D eigenvalue weighted by Crippen LogP contribution is 2.37. The molecule has 4 nitrogen and oxygen atoms in total. The van der Waals surface area contributed by atoms with Crippen molar-refractivity contribution in [2.45, 2.75) is 44.7 Å². The van der Waals surface area contributed by atoms with E-state index in [9.17, 15) is 4.79 Å². The summed E-state index contributed by atoms with van der Waals surface area (Å²) in [6.45, 7) is 4.76. The van der Waals surface area contributed by atoms with Crippen molar-refractivity contribution in [3.63, 3.8) is 0 Å². The lowest BCUT2D eigenvalue weighted by Gasteiger charge is -2.40. The molecule has 0 bridgehead atoms. The van der Waals surface area contributed by atoms with Crippen LogP contribution in [0.1, 0.15) is 36.8 Å². The first-order valence-electron chi connectivity index (χ1n) is 8.57. The summed E-state index contributed by atoms with van der Waals surface area (Å²) < 4.78 is 0. The fraction of sp³-hybridized carbons (Fsp3) is 0.474.